The molecule has 2 heterocycles. The van der Waals surface area contributed by atoms with Crippen molar-refractivity contribution in [2.24, 2.45) is 0 Å². The topological polar surface area (TPSA) is 135 Å². The van der Waals surface area contributed by atoms with E-state index in [0.29, 0.717) is 30.4 Å². The third-order valence-electron chi connectivity index (χ3n) is 6.41. The summed E-state index contributed by atoms with van der Waals surface area (Å²) < 4.78 is 33.5. The van der Waals surface area contributed by atoms with E-state index in [1.54, 1.807) is 30.7 Å². The molecule has 12 nitrogen and oxygen atoms in total. The molecule has 0 spiro atoms. The first-order valence-corrected chi connectivity index (χ1v) is 16.3. The molecule has 1 aromatic carbocycles. The molecule has 3 aromatic rings. The van der Waals surface area contributed by atoms with Crippen molar-refractivity contribution in [3.8, 4) is 34.2 Å². The van der Waals surface area contributed by atoms with Crippen LogP contribution in [0.15, 0.2) is 23.6 Å². The maximum atomic E-state index is 13.0. The Balaban J connectivity index is 1.70. The minimum atomic E-state index is -1.87. The molecule has 0 atom stereocenters. The van der Waals surface area contributed by atoms with Gasteiger partial charge in [-0.2, -0.15) is 15.0 Å². The minimum Gasteiger partial charge on any atom is -0.497 e. The molecule has 0 aliphatic heterocycles. The third-order valence-corrected chi connectivity index (χ3v) is 11.7. The predicted octanol–water partition coefficient (Wildman–Crippen LogP) is 5.45. The number of hydrogen-bond acceptors (Lipinski definition) is 12. The van der Waals surface area contributed by atoms with Gasteiger partial charge in [-0.25, -0.2) is 0 Å². The van der Waals surface area contributed by atoms with Gasteiger partial charge in [-0.15, -0.1) is 0 Å². The second-order valence-corrected chi connectivity index (χ2v) is 15.7. The number of methoxy groups -OCH3 is 4. The summed E-state index contributed by atoms with van der Waals surface area (Å²) in [6, 6.07) is 5.13. The molecule has 3 rings (SSSR count). The van der Waals surface area contributed by atoms with Crippen LogP contribution in [0, 0.1) is 0 Å². The number of amides is 1. The van der Waals surface area contributed by atoms with Crippen LogP contribution in [0.5, 0.6) is 34.2 Å². The van der Waals surface area contributed by atoms with Crippen molar-refractivity contribution in [3.63, 3.8) is 0 Å². The van der Waals surface area contributed by atoms with E-state index in [-0.39, 0.29) is 39.3 Å². The fraction of sp³-hybridized carbons (Fsp3) is 0.462. The number of ether oxygens (including phenoxy) is 5. The van der Waals surface area contributed by atoms with Crippen molar-refractivity contribution in [1.29, 1.82) is 0 Å². The van der Waals surface area contributed by atoms with Crippen LogP contribution in [0.2, 0.25) is 18.1 Å². The highest BCUT2D eigenvalue weighted by atomic mass is 32.1. The first-order valence-electron chi connectivity index (χ1n) is 12.5. The zero-order valence-corrected chi connectivity index (χ0v) is 26.1. The van der Waals surface area contributed by atoms with Crippen molar-refractivity contribution in [1.82, 2.24) is 15.0 Å². The first kappa shape index (κ1) is 30.9. The molecule has 0 aliphatic carbocycles. The number of thiazole rings is 1. The summed E-state index contributed by atoms with van der Waals surface area (Å²) >= 11 is 1.15. The summed E-state index contributed by atoms with van der Waals surface area (Å²) in [6.45, 7) is 11.9. The number of carbonyl (C=O) groups is 1. The van der Waals surface area contributed by atoms with E-state index < -0.39 is 14.2 Å². The predicted molar refractivity (Wildman–Crippen MR) is 156 cm³/mol. The lowest BCUT2D eigenvalue weighted by Crippen LogP contribution is -2.41. The van der Waals surface area contributed by atoms with Crippen LogP contribution in [-0.4, -0.2) is 70.8 Å². The molecular formula is C26H37N5O7SSi. The molecule has 0 unspecified atom stereocenters. The fourth-order valence-electron chi connectivity index (χ4n) is 3.13. The van der Waals surface area contributed by atoms with Gasteiger partial charge in [0.2, 0.25) is 17.7 Å². The number of anilines is 2. The minimum absolute atomic E-state index is 0.113. The fourth-order valence-corrected chi connectivity index (χ4v) is 4.84. The van der Waals surface area contributed by atoms with E-state index >= 15 is 0 Å². The highest BCUT2D eigenvalue weighted by Gasteiger charge is 2.36. The second kappa shape index (κ2) is 13.2. The SMILES string of the molecule is COc1ccc(OC)c(Oc2nc(C(=O)Nc3c(OC)nc(NCCO[Si](C)(C)C(C)(C)C)nc3OC)cs2)c1. The Morgan fingerprint density at radius 1 is 0.950 bits per heavy atom. The van der Waals surface area contributed by atoms with E-state index in [1.165, 1.54) is 21.3 Å². The molecule has 0 fully saturated rings. The van der Waals surface area contributed by atoms with E-state index in [9.17, 15) is 4.79 Å². The second-order valence-electron chi connectivity index (χ2n) is 10.0. The molecule has 0 bridgehead atoms. The van der Waals surface area contributed by atoms with Crippen molar-refractivity contribution >= 4 is 37.2 Å². The van der Waals surface area contributed by atoms with Crippen LogP contribution in [0.1, 0.15) is 31.3 Å². The van der Waals surface area contributed by atoms with E-state index in [2.05, 4.69) is 59.5 Å². The summed E-state index contributed by atoms with van der Waals surface area (Å²) in [5.74, 6) is 1.49. The Kier molecular flexibility index (Phi) is 10.2. The zero-order chi connectivity index (χ0) is 29.5. The van der Waals surface area contributed by atoms with Crippen molar-refractivity contribution in [3.05, 3.63) is 29.3 Å². The highest BCUT2D eigenvalue weighted by Crippen LogP contribution is 2.38. The summed E-state index contributed by atoms with van der Waals surface area (Å²) in [5.41, 5.74) is 0.291. The Labute approximate surface area is 239 Å². The van der Waals surface area contributed by atoms with Gasteiger partial charge in [0.15, 0.2) is 25.5 Å². The van der Waals surface area contributed by atoms with Gasteiger partial charge in [0.1, 0.15) is 11.4 Å². The standard InChI is InChI=1S/C26H37N5O7SSi/c1-26(2,3)40(8,9)37-13-12-27-24-30-22(35-6)20(23(31-24)36-7)29-21(32)17-15-39-25(28-17)38-19-14-16(33-4)10-11-18(19)34-5/h10-11,14-15H,12-13H2,1-9H3,(H,29,32)(H,27,30,31). The summed E-state index contributed by atoms with van der Waals surface area (Å²) in [6.07, 6.45) is 0. The van der Waals surface area contributed by atoms with Crippen LogP contribution < -0.4 is 34.3 Å². The average molecular weight is 592 g/mol. The average Bonchev–Trinajstić information content (AvgIpc) is 3.39. The number of carbonyl (C=O) groups excluding carboxylic acids is 1. The lowest BCUT2D eigenvalue weighted by molar-refractivity contribution is 0.102. The van der Waals surface area contributed by atoms with Gasteiger partial charge in [0.25, 0.3) is 11.1 Å². The molecule has 2 aromatic heterocycles. The number of nitrogens with zero attached hydrogens (tertiary/aromatic N) is 3. The molecule has 1 amide bonds. The number of rotatable bonds is 13. The summed E-state index contributed by atoms with van der Waals surface area (Å²) in [5, 5.41) is 7.78. The zero-order valence-electron chi connectivity index (χ0n) is 24.3. The van der Waals surface area contributed by atoms with Gasteiger partial charge in [-0.1, -0.05) is 32.1 Å². The number of nitrogens with one attached hydrogen (secondary N) is 2. The van der Waals surface area contributed by atoms with Crippen LogP contribution in [0.25, 0.3) is 0 Å². The maximum absolute atomic E-state index is 13.0. The van der Waals surface area contributed by atoms with Crippen molar-refractivity contribution in [2.45, 2.75) is 38.9 Å². The van der Waals surface area contributed by atoms with Gasteiger partial charge >= 0.3 is 0 Å². The van der Waals surface area contributed by atoms with Gasteiger partial charge in [0.05, 0.1) is 35.0 Å². The smallest absolute Gasteiger partial charge is 0.279 e. The summed E-state index contributed by atoms with van der Waals surface area (Å²) in [4.78, 5) is 26.1. The Morgan fingerprint density at radius 2 is 1.62 bits per heavy atom. The molecule has 0 saturated heterocycles. The molecule has 218 valence electrons. The van der Waals surface area contributed by atoms with Crippen LogP contribution >= 0.6 is 11.3 Å². The molecule has 2 N–H and O–H groups in total. The van der Waals surface area contributed by atoms with Gasteiger partial charge in [-0.3, -0.25) is 4.79 Å². The quantitative estimate of drug-likeness (QED) is 0.194. The summed E-state index contributed by atoms with van der Waals surface area (Å²) in [7, 11) is 4.10. The molecule has 40 heavy (non-hydrogen) atoms. The van der Waals surface area contributed by atoms with E-state index in [4.69, 9.17) is 28.1 Å². The van der Waals surface area contributed by atoms with Gasteiger partial charge < -0.3 is 38.7 Å². The Hall–Kier alpha value is -3.62. The first-order chi connectivity index (χ1) is 18.9. The molecular weight excluding hydrogens is 554 g/mol. The maximum Gasteiger partial charge on any atom is 0.279 e. The normalized spacial score (nSPS) is 11.5. The van der Waals surface area contributed by atoms with Gasteiger partial charge in [-0.05, 0) is 30.3 Å². The van der Waals surface area contributed by atoms with Crippen LogP contribution in [-0.2, 0) is 4.43 Å². The molecule has 0 radical (unpaired) electrons. The number of aromatic nitrogens is 3. The molecule has 0 saturated carbocycles. The lowest BCUT2D eigenvalue weighted by atomic mass is 10.2. The Bertz CT molecular complexity index is 1290. The van der Waals surface area contributed by atoms with E-state index in [1.807, 2.05) is 0 Å². The van der Waals surface area contributed by atoms with Gasteiger partial charge in [0, 0.05) is 18.0 Å². The van der Waals surface area contributed by atoms with Crippen LogP contribution in [0.3, 0.4) is 0 Å². The largest absolute Gasteiger partial charge is 0.497 e. The van der Waals surface area contributed by atoms with Crippen molar-refractivity contribution < 1.29 is 32.9 Å². The van der Waals surface area contributed by atoms with Crippen molar-refractivity contribution in [2.75, 3.05) is 52.2 Å². The Morgan fingerprint density at radius 3 is 2.20 bits per heavy atom. The number of hydrogen-bond donors (Lipinski definition) is 2. The highest BCUT2D eigenvalue weighted by molar-refractivity contribution is 7.11. The monoisotopic (exact) mass is 591 g/mol. The lowest BCUT2D eigenvalue weighted by Gasteiger charge is -2.36. The van der Waals surface area contributed by atoms with E-state index in [0.717, 1.165) is 11.3 Å². The molecule has 0 aliphatic rings. The molecule has 14 heteroatoms. The third kappa shape index (κ3) is 7.52. The van der Waals surface area contributed by atoms with Crippen LogP contribution in [0.4, 0.5) is 11.6 Å². The number of benzene rings is 1.